The molecule has 188 valence electrons. The molecule has 1 rings (SSSR count). The number of carbonyl (C=O) groups is 5. The van der Waals surface area contributed by atoms with E-state index in [-0.39, 0.29) is 19.8 Å². The highest BCUT2D eigenvalue weighted by Crippen LogP contribution is 2.32. The number of carbonyl (C=O) groups excluding carboxylic acids is 5. The van der Waals surface area contributed by atoms with E-state index in [0.717, 1.165) is 6.92 Å². The lowest BCUT2D eigenvalue weighted by Gasteiger charge is -2.43. The Bertz CT molecular complexity index is 687. The lowest BCUT2D eigenvalue weighted by Crippen LogP contribution is -2.58. The summed E-state index contributed by atoms with van der Waals surface area (Å²) in [6.07, 6.45) is -4.41. The molecule has 1 aliphatic rings. The van der Waals surface area contributed by atoms with Crippen LogP contribution < -0.4 is 0 Å². The van der Waals surface area contributed by atoms with Crippen molar-refractivity contribution in [3.63, 3.8) is 0 Å². The van der Waals surface area contributed by atoms with Gasteiger partial charge < -0.3 is 33.2 Å². The first kappa shape index (κ1) is 28.3. The molecule has 5 atom stereocenters. The summed E-state index contributed by atoms with van der Waals surface area (Å²) < 4.78 is 37.0. The average molecular weight is 476 g/mol. The minimum absolute atomic E-state index is 0.0290. The molecule has 0 radical (unpaired) electrons. The summed E-state index contributed by atoms with van der Waals surface area (Å²) >= 11 is 0. The zero-order valence-corrected chi connectivity index (χ0v) is 19.7. The molecule has 1 saturated heterocycles. The SMILES string of the molecule is CCOC(=O)C(COC1O[C@H](COC(C)=O)[C@@H](C)[C@H](OC(C)=O)[C@H]1OC(C)=O)C(=O)OCC. The first-order valence-corrected chi connectivity index (χ1v) is 10.6. The third kappa shape index (κ3) is 8.97. The Hall–Kier alpha value is -2.73. The predicted octanol–water partition coefficient (Wildman–Crippen LogP) is 0.533. The van der Waals surface area contributed by atoms with Crippen LogP contribution in [0.2, 0.25) is 0 Å². The van der Waals surface area contributed by atoms with Crippen LogP contribution in [0.15, 0.2) is 0 Å². The summed E-state index contributed by atoms with van der Waals surface area (Å²) in [7, 11) is 0. The van der Waals surface area contributed by atoms with Gasteiger partial charge in [-0.05, 0) is 13.8 Å². The molecule has 33 heavy (non-hydrogen) atoms. The Balaban J connectivity index is 3.18. The molecule has 0 N–H and O–H groups in total. The highest BCUT2D eigenvalue weighted by atomic mass is 16.7. The van der Waals surface area contributed by atoms with Gasteiger partial charge in [-0.3, -0.25) is 24.0 Å². The fraction of sp³-hybridized carbons (Fsp3) is 0.762. The minimum Gasteiger partial charge on any atom is -0.465 e. The Morgan fingerprint density at radius 1 is 0.788 bits per heavy atom. The second kappa shape index (κ2) is 13.7. The van der Waals surface area contributed by atoms with Gasteiger partial charge in [-0.2, -0.15) is 0 Å². The maximum absolute atomic E-state index is 12.2. The molecule has 0 saturated carbocycles. The van der Waals surface area contributed by atoms with Gasteiger partial charge in [0.2, 0.25) is 0 Å². The average Bonchev–Trinajstić information content (AvgIpc) is 2.71. The van der Waals surface area contributed by atoms with Crippen molar-refractivity contribution in [1.82, 2.24) is 0 Å². The van der Waals surface area contributed by atoms with Gasteiger partial charge in [0.1, 0.15) is 18.8 Å². The van der Waals surface area contributed by atoms with Crippen LogP contribution in [0.4, 0.5) is 0 Å². The van der Waals surface area contributed by atoms with Crippen LogP contribution in [0.3, 0.4) is 0 Å². The molecule has 0 aromatic rings. The van der Waals surface area contributed by atoms with Crippen molar-refractivity contribution in [2.75, 3.05) is 26.4 Å². The van der Waals surface area contributed by atoms with E-state index in [9.17, 15) is 24.0 Å². The first-order chi connectivity index (χ1) is 15.5. The quantitative estimate of drug-likeness (QED) is 0.232. The van der Waals surface area contributed by atoms with Crippen molar-refractivity contribution in [2.24, 2.45) is 11.8 Å². The van der Waals surface area contributed by atoms with Crippen molar-refractivity contribution >= 4 is 29.8 Å². The Morgan fingerprint density at radius 3 is 1.76 bits per heavy atom. The van der Waals surface area contributed by atoms with E-state index in [4.69, 9.17) is 33.2 Å². The van der Waals surface area contributed by atoms with E-state index in [0.29, 0.717) is 0 Å². The molecule has 0 aliphatic carbocycles. The predicted molar refractivity (Wildman–Crippen MR) is 108 cm³/mol. The molecule has 12 nitrogen and oxygen atoms in total. The minimum atomic E-state index is -1.43. The molecule has 0 bridgehead atoms. The molecule has 1 unspecified atom stereocenters. The number of hydrogen-bond acceptors (Lipinski definition) is 12. The number of ether oxygens (including phenoxy) is 7. The molecule has 0 aromatic heterocycles. The summed E-state index contributed by atoms with van der Waals surface area (Å²) in [6, 6.07) is 0. The molecule has 1 aliphatic heterocycles. The summed E-state index contributed by atoms with van der Waals surface area (Å²) in [5, 5.41) is 0. The molecule has 0 aromatic carbocycles. The smallest absolute Gasteiger partial charge is 0.322 e. The van der Waals surface area contributed by atoms with E-state index in [2.05, 4.69) is 0 Å². The van der Waals surface area contributed by atoms with Crippen molar-refractivity contribution in [1.29, 1.82) is 0 Å². The van der Waals surface area contributed by atoms with Crippen molar-refractivity contribution in [3.05, 3.63) is 0 Å². The van der Waals surface area contributed by atoms with Crippen LogP contribution in [0, 0.1) is 11.8 Å². The number of rotatable bonds is 11. The van der Waals surface area contributed by atoms with E-state index in [1.54, 1.807) is 20.8 Å². The van der Waals surface area contributed by atoms with Crippen molar-refractivity contribution in [3.8, 4) is 0 Å². The summed E-state index contributed by atoms with van der Waals surface area (Å²) in [5.41, 5.74) is 0. The standard InChI is InChI=1S/C21H32O12/c1-7-27-19(25)15(20(26)28-8-2)9-30-21-18(32-14(6)24)17(31-13(5)23)11(3)16(33-21)10-29-12(4)22/h11,15-18,21H,7-10H2,1-6H3/t11-,16-,17+,18-,21?/m1/s1. The normalized spacial score (nSPS) is 24.5. The van der Waals surface area contributed by atoms with Crippen LogP contribution >= 0.6 is 0 Å². The lowest BCUT2D eigenvalue weighted by molar-refractivity contribution is -0.296. The van der Waals surface area contributed by atoms with E-state index in [1.807, 2.05) is 0 Å². The van der Waals surface area contributed by atoms with Crippen molar-refractivity contribution in [2.45, 2.75) is 66.1 Å². The molecular weight excluding hydrogens is 444 g/mol. The van der Waals surface area contributed by atoms with Gasteiger partial charge in [-0.1, -0.05) is 6.92 Å². The molecular formula is C21H32O12. The van der Waals surface area contributed by atoms with Crippen LogP contribution in [-0.4, -0.2) is 80.9 Å². The highest BCUT2D eigenvalue weighted by molar-refractivity contribution is 5.95. The Morgan fingerprint density at radius 2 is 1.30 bits per heavy atom. The monoisotopic (exact) mass is 476 g/mol. The van der Waals surface area contributed by atoms with E-state index in [1.165, 1.54) is 13.8 Å². The van der Waals surface area contributed by atoms with Gasteiger partial charge in [-0.25, -0.2) is 0 Å². The van der Waals surface area contributed by atoms with Gasteiger partial charge in [0, 0.05) is 26.7 Å². The van der Waals surface area contributed by atoms with Gasteiger partial charge in [0.15, 0.2) is 18.3 Å². The summed E-state index contributed by atoms with van der Waals surface area (Å²) in [5.74, 6) is -5.62. The molecule has 0 amide bonds. The zero-order chi connectivity index (χ0) is 25.1. The zero-order valence-electron chi connectivity index (χ0n) is 19.7. The Labute approximate surface area is 192 Å². The Kier molecular flexibility index (Phi) is 11.8. The van der Waals surface area contributed by atoms with Gasteiger partial charge in [0.05, 0.1) is 19.8 Å². The van der Waals surface area contributed by atoms with Crippen LogP contribution in [0.1, 0.15) is 41.5 Å². The van der Waals surface area contributed by atoms with Gasteiger partial charge >= 0.3 is 29.8 Å². The molecule has 12 heteroatoms. The summed E-state index contributed by atoms with van der Waals surface area (Å²) in [6.45, 7) is 7.70. The van der Waals surface area contributed by atoms with E-state index < -0.39 is 72.9 Å². The maximum Gasteiger partial charge on any atom is 0.322 e. The van der Waals surface area contributed by atoms with Crippen LogP contribution in [-0.2, 0) is 57.1 Å². The fourth-order valence-corrected chi connectivity index (χ4v) is 3.15. The lowest BCUT2D eigenvalue weighted by atomic mass is 9.90. The maximum atomic E-state index is 12.2. The third-order valence-electron chi connectivity index (χ3n) is 4.63. The van der Waals surface area contributed by atoms with Gasteiger partial charge in [-0.15, -0.1) is 0 Å². The first-order valence-electron chi connectivity index (χ1n) is 10.6. The molecule has 1 heterocycles. The van der Waals surface area contributed by atoms with Crippen molar-refractivity contribution < 1.29 is 57.1 Å². The second-order valence-corrected chi connectivity index (χ2v) is 7.24. The summed E-state index contributed by atoms with van der Waals surface area (Å²) in [4.78, 5) is 59.2. The topological polar surface area (TPSA) is 150 Å². The number of hydrogen-bond donors (Lipinski definition) is 0. The highest BCUT2D eigenvalue weighted by Gasteiger charge is 2.49. The van der Waals surface area contributed by atoms with Gasteiger partial charge in [0.25, 0.3) is 0 Å². The largest absolute Gasteiger partial charge is 0.465 e. The molecule has 1 fully saturated rings. The fourth-order valence-electron chi connectivity index (χ4n) is 3.15. The van der Waals surface area contributed by atoms with Crippen LogP contribution in [0.5, 0.6) is 0 Å². The van der Waals surface area contributed by atoms with Crippen LogP contribution in [0.25, 0.3) is 0 Å². The molecule has 0 spiro atoms. The number of esters is 5. The van der Waals surface area contributed by atoms with E-state index >= 15 is 0 Å². The third-order valence-corrected chi connectivity index (χ3v) is 4.63. The second-order valence-electron chi connectivity index (χ2n) is 7.24.